The van der Waals surface area contributed by atoms with Gasteiger partial charge in [-0.1, -0.05) is 6.07 Å². The van der Waals surface area contributed by atoms with Gasteiger partial charge in [0.1, 0.15) is 11.5 Å². The molecule has 2 amide bonds. The van der Waals surface area contributed by atoms with E-state index in [9.17, 15) is 28.2 Å². The van der Waals surface area contributed by atoms with E-state index in [1.807, 2.05) is 0 Å². The second-order valence-electron chi connectivity index (χ2n) is 8.45. The zero-order valence-electron chi connectivity index (χ0n) is 22.9. The van der Waals surface area contributed by atoms with Gasteiger partial charge in [-0.2, -0.15) is 0 Å². The third-order valence-corrected chi connectivity index (χ3v) is 7.69. The fourth-order valence-electron chi connectivity index (χ4n) is 3.89. The topological polar surface area (TPSA) is 151 Å². The summed E-state index contributed by atoms with van der Waals surface area (Å²) in [5.41, 5.74) is -0.252. The Morgan fingerprint density at radius 3 is 2.51 bits per heavy atom. The molecule has 1 saturated heterocycles. The molecule has 0 radical (unpaired) electrons. The summed E-state index contributed by atoms with van der Waals surface area (Å²) in [4.78, 5) is 35.1. The van der Waals surface area contributed by atoms with E-state index in [0.717, 1.165) is 16.4 Å². The van der Waals surface area contributed by atoms with Crippen LogP contribution in [0.15, 0.2) is 36.5 Å². The summed E-state index contributed by atoms with van der Waals surface area (Å²) < 4.78 is 41.9. The van der Waals surface area contributed by atoms with Crippen LogP contribution in [0.4, 0.5) is 10.2 Å². The average Bonchev–Trinajstić information content (AvgIpc) is 2.85. The molecule has 0 spiro atoms. The summed E-state index contributed by atoms with van der Waals surface area (Å²) in [6, 6.07) is 6.65. The number of halogens is 1. The molecule has 39 heavy (non-hydrogen) atoms. The number of amides is 2. The summed E-state index contributed by atoms with van der Waals surface area (Å²) in [5, 5.41) is 15.8. The molecule has 0 unspecified atom stereocenters. The zero-order valence-corrected chi connectivity index (χ0v) is 29.7. The third kappa shape index (κ3) is 7.66. The van der Waals surface area contributed by atoms with E-state index in [2.05, 4.69) is 15.3 Å². The van der Waals surface area contributed by atoms with Crippen molar-refractivity contribution in [2.24, 2.45) is 0 Å². The molecule has 1 aromatic carbocycles. The number of fused-ring (bicyclic) bond motifs is 1. The Morgan fingerprint density at radius 2 is 1.85 bits per heavy atom. The van der Waals surface area contributed by atoms with Crippen molar-refractivity contribution in [3.8, 4) is 5.75 Å². The quantitative estimate of drug-likeness (QED) is 0.289. The number of benzene rings is 1. The molecule has 0 aliphatic carbocycles. The standard InChI is InChI=1S/C23H27FN6O5S.3Na/c1-28(2)23(33)17-12-15(24)8-7-14(17)13-26-22(32)19-20(31)18-16(6-4-9-25-18)21(27-19)30-11-5-10-29(3)36(30,34)35;;;/h4,6-9,12,31,34-35H,5,10-11,13H2,1-3H3,(H,26,32);;;/q;3*+1/p-3. The molecule has 192 valence electrons. The summed E-state index contributed by atoms with van der Waals surface area (Å²) >= 11 is 0. The molecule has 16 heteroatoms. The first-order chi connectivity index (χ1) is 17.0. The Balaban J connectivity index is 0.00000253. The minimum atomic E-state index is -3.92. The summed E-state index contributed by atoms with van der Waals surface area (Å²) in [6.45, 7) is 0.248. The van der Waals surface area contributed by atoms with Crippen LogP contribution in [0.5, 0.6) is 5.75 Å². The Kier molecular flexibility index (Phi) is 14.1. The number of anilines is 1. The number of hydrogen-bond acceptors (Lipinski definition) is 9. The first kappa shape index (κ1) is 36.5. The molecule has 3 heterocycles. The predicted molar refractivity (Wildman–Crippen MR) is 128 cm³/mol. The van der Waals surface area contributed by atoms with Crippen LogP contribution in [0.1, 0.15) is 32.8 Å². The van der Waals surface area contributed by atoms with Crippen LogP contribution in [0.3, 0.4) is 0 Å². The monoisotopic (exact) mass is 584 g/mol. The maximum atomic E-state index is 13.8. The van der Waals surface area contributed by atoms with Gasteiger partial charge in [0.25, 0.3) is 11.8 Å². The van der Waals surface area contributed by atoms with Crippen molar-refractivity contribution >= 4 is 39.5 Å². The van der Waals surface area contributed by atoms with Crippen molar-refractivity contribution in [2.45, 2.75) is 13.0 Å². The van der Waals surface area contributed by atoms with Gasteiger partial charge < -0.3 is 39.7 Å². The molecular weight excluding hydrogens is 560 g/mol. The van der Waals surface area contributed by atoms with Gasteiger partial charge in [-0.3, -0.25) is 18.9 Å². The fourth-order valence-corrected chi connectivity index (χ4v) is 5.31. The second-order valence-corrected chi connectivity index (χ2v) is 10.4. The van der Waals surface area contributed by atoms with Gasteiger partial charge in [-0.25, -0.2) is 9.37 Å². The molecule has 4 rings (SSSR count). The van der Waals surface area contributed by atoms with Crippen molar-refractivity contribution in [3.05, 3.63) is 59.2 Å². The zero-order chi connectivity index (χ0) is 26.2. The normalized spacial score (nSPS) is 15.3. The molecule has 3 aromatic rings. The number of aromatic nitrogens is 2. The minimum absolute atomic E-state index is 0. The van der Waals surface area contributed by atoms with Gasteiger partial charge in [-0.05, 0) is 42.0 Å². The molecule has 1 fully saturated rings. The molecule has 0 bridgehead atoms. The van der Waals surface area contributed by atoms with Gasteiger partial charge in [0.05, 0.1) is 5.52 Å². The van der Waals surface area contributed by atoms with Crippen LogP contribution < -0.4 is 103 Å². The summed E-state index contributed by atoms with van der Waals surface area (Å²) in [7, 11) is 0.543. The Labute approximate surface area is 294 Å². The Bertz CT molecular complexity index is 1350. The number of hydrogen-bond donors (Lipinski definition) is 1. The van der Waals surface area contributed by atoms with Gasteiger partial charge >= 0.3 is 88.7 Å². The van der Waals surface area contributed by atoms with Gasteiger partial charge in [0.2, 0.25) is 0 Å². The fraction of sp³-hybridized carbons (Fsp3) is 0.304. The van der Waals surface area contributed by atoms with Crippen molar-refractivity contribution in [2.75, 3.05) is 38.5 Å². The number of nitrogens with one attached hydrogen (secondary N) is 1. The van der Waals surface area contributed by atoms with E-state index in [4.69, 9.17) is 0 Å². The molecule has 0 saturated carbocycles. The molecule has 1 aliphatic heterocycles. The first-order valence-electron chi connectivity index (χ1n) is 11.0. The minimum Gasteiger partial charge on any atom is -0.869 e. The summed E-state index contributed by atoms with van der Waals surface area (Å²) in [6.07, 6.45) is 1.89. The molecule has 0 atom stereocenters. The second kappa shape index (κ2) is 15.1. The molecular formula is C23H24FN6Na3O5S. The van der Waals surface area contributed by atoms with Crippen molar-refractivity contribution < 1.29 is 117 Å². The van der Waals surface area contributed by atoms with Crippen LogP contribution in [-0.4, -0.2) is 74.3 Å². The van der Waals surface area contributed by atoms with Crippen molar-refractivity contribution in [1.29, 1.82) is 0 Å². The van der Waals surface area contributed by atoms with Crippen LogP contribution in [-0.2, 0) is 6.54 Å². The molecule has 2 aromatic heterocycles. The van der Waals surface area contributed by atoms with E-state index in [0.29, 0.717) is 18.5 Å². The average molecular weight is 585 g/mol. The van der Waals surface area contributed by atoms with Gasteiger partial charge in [0, 0.05) is 57.9 Å². The van der Waals surface area contributed by atoms with E-state index in [1.165, 1.54) is 48.7 Å². The van der Waals surface area contributed by atoms with Crippen molar-refractivity contribution in [3.63, 3.8) is 0 Å². The number of rotatable bonds is 5. The maximum absolute atomic E-state index is 13.8. The maximum Gasteiger partial charge on any atom is 1.00 e. The largest absolute Gasteiger partial charge is 1.00 e. The number of carbonyl (C=O) groups excluding carboxylic acids is 2. The van der Waals surface area contributed by atoms with Crippen LogP contribution >= 0.6 is 11.0 Å². The molecule has 1 N–H and O–H groups in total. The van der Waals surface area contributed by atoms with E-state index >= 15 is 0 Å². The Morgan fingerprint density at radius 1 is 1.15 bits per heavy atom. The van der Waals surface area contributed by atoms with E-state index in [-0.39, 0.29) is 124 Å². The third-order valence-electron chi connectivity index (χ3n) is 5.80. The van der Waals surface area contributed by atoms with Crippen LogP contribution in [0.2, 0.25) is 0 Å². The smallest absolute Gasteiger partial charge is 0.869 e. The number of nitrogens with zero attached hydrogens (tertiary/aromatic N) is 5. The SMILES string of the molecule is CN(C)C(=O)c1cc(F)ccc1CNC(=O)c1nc(N2CCCN(C)S2([O-])[O-])c2cccnc2c1[O-].[Na+].[Na+].[Na+]. The number of carbonyl (C=O) groups is 2. The van der Waals surface area contributed by atoms with Crippen LogP contribution in [0.25, 0.3) is 10.9 Å². The van der Waals surface area contributed by atoms with Gasteiger partial charge in [0.15, 0.2) is 5.82 Å². The van der Waals surface area contributed by atoms with Gasteiger partial charge in [-0.15, -0.1) is 0 Å². The Hall–Kier alpha value is -0.520. The van der Waals surface area contributed by atoms with Crippen molar-refractivity contribution in [1.82, 2.24) is 24.5 Å². The summed E-state index contributed by atoms with van der Waals surface area (Å²) in [5.74, 6) is -2.79. The van der Waals surface area contributed by atoms with E-state index < -0.39 is 40.0 Å². The van der Waals surface area contributed by atoms with Crippen LogP contribution in [0, 0.1) is 5.82 Å². The predicted octanol–water partition coefficient (Wildman–Crippen LogP) is -7.48. The van der Waals surface area contributed by atoms with E-state index in [1.54, 1.807) is 6.07 Å². The molecule has 1 aliphatic rings. The first-order valence-corrected chi connectivity index (χ1v) is 12.4. The number of pyridine rings is 2. The molecule has 11 nitrogen and oxygen atoms in total.